The second kappa shape index (κ2) is 11.9. The van der Waals surface area contributed by atoms with Crippen LogP contribution in [0, 0.1) is 0 Å². The van der Waals surface area contributed by atoms with Crippen LogP contribution < -0.4 is 5.32 Å². The van der Waals surface area contributed by atoms with Crippen molar-refractivity contribution >= 4 is 41.7 Å². The minimum Gasteiger partial charge on any atom is -0.357 e. The number of piperidine rings is 1. The zero-order valence-corrected chi connectivity index (χ0v) is 17.3. The monoisotopic (exact) mass is 452 g/mol. The molecule has 0 saturated carbocycles. The van der Waals surface area contributed by atoms with Gasteiger partial charge in [0.1, 0.15) is 12.2 Å². The summed E-state index contributed by atoms with van der Waals surface area (Å²) in [7, 11) is 0. The molecule has 0 spiro atoms. The first-order chi connectivity index (χ1) is 10.8. The average molecular weight is 452 g/mol. The topological polar surface area (TPSA) is 69.2 Å². The van der Waals surface area contributed by atoms with E-state index < -0.39 is 0 Å². The molecule has 1 aromatic rings. The van der Waals surface area contributed by atoms with Gasteiger partial charge in [0.15, 0.2) is 5.96 Å². The number of halogens is 1. The number of H-pyrrole nitrogens is 1. The van der Waals surface area contributed by atoms with E-state index in [0.29, 0.717) is 5.92 Å². The Morgan fingerprint density at radius 2 is 2.22 bits per heavy atom. The number of nitrogens with zero attached hydrogens (tertiary/aromatic N) is 4. The number of guanidine groups is 1. The van der Waals surface area contributed by atoms with E-state index in [2.05, 4.69) is 38.6 Å². The van der Waals surface area contributed by atoms with Crippen LogP contribution in [0.4, 0.5) is 0 Å². The van der Waals surface area contributed by atoms with Crippen molar-refractivity contribution in [1.82, 2.24) is 25.4 Å². The Bertz CT molecular complexity index is 431. The quantitative estimate of drug-likeness (QED) is 0.288. The van der Waals surface area contributed by atoms with Crippen molar-refractivity contribution in [1.29, 1.82) is 0 Å². The van der Waals surface area contributed by atoms with Gasteiger partial charge in [-0.2, -0.15) is 16.9 Å². The van der Waals surface area contributed by atoms with E-state index in [1.54, 1.807) is 6.33 Å². The van der Waals surface area contributed by atoms with E-state index in [1.807, 2.05) is 11.8 Å². The summed E-state index contributed by atoms with van der Waals surface area (Å²) in [5.74, 6) is 3.83. The lowest BCUT2D eigenvalue weighted by atomic mass is 9.96. The number of hydrogen-bond acceptors (Lipinski definition) is 4. The summed E-state index contributed by atoms with van der Waals surface area (Å²) in [5.41, 5.74) is 0. The first-order valence-corrected chi connectivity index (χ1v) is 9.62. The lowest BCUT2D eigenvalue weighted by Gasteiger charge is -2.33. The van der Waals surface area contributed by atoms with Crippen LogP contribution in [0.1, 0.15) is 44.3 Å². The molecule has 1 aromatic heterocycles. The Balaban J connectivity index is 0.00000264. The van der Waals surface area contributed by atoms with Crippen LogP contribution in [0.5, 0.6) is 0 Å². The Hall–Kier alpha value is -0.510. The molecule has 0 amide bonds. The van der Waals surface area contributed by atoms with Gasteiger partial charge in [0.05, 0.1) is 0 Å². The predicted molar refractivity (Wildman–Crippen MR) is 109 cm³/mol. The van der Waals surface area contributed by atoms with E-state index in [1.165, 1.54) is 18.6 Å². The highest BCUT2D eigenvalue weighted by Crippen LogP contribution is 2.24. The number of aromatic amines is 1. The fraction of sp³-hybridized carbons (Fsp3) is 0.800. The van der Waals surface area contributed by atoms with Crippen molar-refractivity contribution in [2.45, 2.75) is 38.5 Å². The van der Waals surface area contributed by atoms with Crippen LogP contribution in [0.2, 0.25) is 0 Å². The highest BCUT2D eigenvalue weighted by atomic mass is 127. The Morgan fingerprint density at radius 1 is 1.43 bits per heavy atom. The molecule has 1 aliphatic heterocycles. The van der Waals surface area contributed by atoms with Gasteiger partial charge in [0, 0.05) is 32.1 Å². The standard InChI is InChI=1S/C15H28N6S.HI/c1-3-16-15(17-8-4-5-11-22-2)21-9-6-13(7-10-21)14-18-12-19-20-14;/h12-13H,3-11H2,1-2H3,(H,16,17)(H,18,19,20);1H. The van der Waals surface area contributed by atoms with Gasteiger partial charge in [-0.1, -0.05) is 0 Å². The molecule has 8 heteroatoms. The summed E-state index contributed by atoms with van der Waals surface area (Å²) in [5, 5.41) is 10.4. The fourth-order valence-corrected chi connectivity index (χ4v) is 3.24. The number of thioether (sulfide) groups is 1. The smallest absolute Gasteiger partial charge is 0.193 e. The number of unbranched alkanes of at least 4 members (excludes halogenated alkanes) is 1. The van der Waals surface area contributed by atoms with Gasteiger partial charge >= 0.3 is 0 Å². The lowest BCUT2D eigenvalue weighted by molar-refractivity contribution is 0.299. The zero-order valence-electron chi connectivity index (χ0n) is 14.1. The minimum absolute atomic E-state index is 0. The SMILES string of the molecule is CCNC(=NCCCCSC)N1CCC(c2ncn[nH]2)CC1.I. The summed E-state index contributed by atoms with van der Waals surface area (Å²) in [6.45, 7) is 6.03. The molecule has 0 radical (unpaired) electrons. The summed E-state index contributed by atoms with van der Waals surface area (Å²) in [6.07, 6.45) is 8.38. The first-order valence-electron chi connectivity index (χ1n) is 8.22. The number of aliphatic imine (C=N–C) groups is 1. The Kier molecular flexibility index (Phi) is 10.7. The van der Waals surface area contributed by atoms with Gasteiger partial charge < -0.3 is 10.2 Å². The molecule has 2 rings (SSSR count). The molecule has 0 bridgehead atoms. The largest absolute Gasteiger partial charge is 0.357 e. The molecule has 1 fully saturated rings. The van der Waals surface area contributed by atoms with Gasteiger partial charge in [-0.3, -0.25) is 10.1 Å². The molecular formula is C15H29IN6S. The van der Waals surface area contributed by atoms with Gasteiger partial charge in [0.25, 0.3) is 0 Å². The average Bonchev–Trinajstić information content (AvgIpc) is 3.08. The van der Waals surface area contributed by atoms with Crippen LogP contribution in [0.15, 0.2) is 11.3 Å². The van der Waals surface area contributed by atoms with Crippen LogP contribution in [-0.4, -0.2) is 64.2 Å². The molecule has 6 nitrogen and oxygen atoms in total. The number of aromatic nitrogens is 3. The van der Waals surface area contributed by atoms with Crippen molar-refractivity contribution in [3.8, 4) is 0 Å². The highest BCUT2D eigenvalue weighted by Gasteiger charge is 2.24. The second-order valence-electron chi connectivity index (χ2n) is 5.57. The molecule has 2 N–H and O–H groups in total. The van der Waals surface area contributed by atoms with E-state index >= 15 is 0 Å². The van der Waals surface area contributed by atoms with Gasteiger partial charge in [0.2, 0.25) is 0 Å². The maximum absolute atomic E-state index is 4.78. The molecule has 2 heterocycles. The molecule has 1 aliphatic rings. The summed E-state index contributed by atoms with van der Waals surface area (Å²) < 4.78 is 0. The van der Waals surface area contributed by atoms with Crippen LogP contribution in [0.3, 0.4) is 0 Å². The van der Waals surface area contributed by atoms with Crippen molar-refractivity contribution in [3.05, 3.63) is 12.2 Å². The summed E-state index contributed by atoms with van der Waals surface area (Å²) >= 11 is 1.91. The van der Waals surface area contributed by atoms with Crippen molar-refractivity contribution in [3.63, 3.8) is 0 Å². The minimum atomic E-state index is 0. The normalized spacial score (nSPS) is 16.3. The van der Waals surface area contributed by atoms with Gasteiger partial charge in [-0.05, 0) is 44.6 Å². The van der Waals surface area contributed by atoms with Gasteiger partial charge in [-0.15, -0.1) is 24.0 Å². The third-order valence-corrected chi connectivity index (χ3v) is 4.66. The zero-order chi connectivity index (χ0) is 15.6. The molecule has 0 atom stereocenters. The predicted octanol–water partition coefficient (Wildman–Crippen LogP) is 2.71. The molecule has 23 heavy (non-hydrogen) atoms. The molecule has 0 aliphatic carbocycles. The molecular weight excluding hydrogens is 423 g/mol. The van der Waals surface area contributed by atoms with Crippen molar-refractivity contribution < 1.29 is 0 Å². The first kappa shape index (κ1) is 20.5. The number of hydrogen-bond donors (Lipinski definition) is 2. The number of rotatable bonds is 7. The van der Waals surface area contributed by atoms with E-state index in [9.17, 15) is 0 Å². The number of likely N-dealkylation sites (tertiary alicyclic amines) is 1. The molecule has 0 unspecified atom stereocenters. The van der Waals surface area contributed by atoms with Crippen molar-refractivity contribution in [2.24, 2.45) is 4.99 Å². The van der Waals surface area contributed by atoms with Crippen LogP contribution in [-0.2, 0) is 0 Å². The van der Waals surface area contributed by atoms with Crippen molar-refractivity contribution in [2.75, 3.05) is 38.2 Å². The molecule has 1 saturated heterocycles. The Labute approximate surface area is 160 Å². The second-order valence-corrected chi connectivity index (χ2v) is 6.55. The number of nitrogens with one attached hydrogen (secondary N) is 2. The van der Waals surface area contributed by atoms with Crippen LogP contribution in [0.25, 0.3) is 0 Å². The maximum Gasteiger partial charge on any atom is 0.193 e. The van der Waals surface area contributed by atoms with Gasteiger partial charge in [-0.25, -0.2) is 4.98 Å². The highest BCUT2D eigenvalue weighted by molar-refractivity contribution is 14.0. The lowest BCUT2D eigenvalue weighted by Crippen LogP contribution is -2.45. The van der Waals surface area contributed by atoms with Crippen LogP contribution >= 0.6 is 35.7 Å². The van der Waals surface area contributed by atoms with E-state index in [0.717, 1.165) is 50.8 Å². The summed E-state index contributed by atoms with van der Waals surface area (Å²) in [6, 6.07) is 0. The summed E-state index contributed by atoms with van der Waals surface area (Å²) in [4.78, 5) is 11.5. The molecule has 132 valence electrons. The fourth-order valence-electron chi connectivity index (χ4n) is 2.75. The third kappa shape index (κ3) is 6.86. The van der Waals surface area contributed by atoms with E-state index in [-0.39, 0.29) is 24.0 Å². The maximum atomic E-state index is 4.78. The third-order valence-electron chi connectivity index (χ3n) is 3.97. The Morgan fingerprint density at radius 3 is 2.83 bits per heavy atom. The molecule has 0 aromatic carbocycles. The van der Waals surface area contributed by atoms with E-state index in [4.69, 9.17) is 4.99 Å².